The van der Waals surface area contributed by atoms with Crippen LogP contribution in [0.3, 0.4) is 0 Å². The average molecular weight is 513 g/mol. The van der Waals surface area contributed by atoms with Crippen LogP contribution in [-0.4, -0.2) is 35.5 Å². The van der Waals surface area contributed by atoms with Gasteiger partial charge in [-0.15, -0.1) is 0 Å². The molecular weight excluding hydrogens is 493 g/mol. The van der Waals surface area contributed by atoms with Gasteiger partial charge in [-0.1, -0.05) is 45.9 Å². The lowest BCUT2D eigenvalue weighted by atomic mass is 9.74. The fourth-order valence-electron chi connectivity index (χ4n) is 3.95. The maximum Gasteiger partial charge on any atom is 0.271 e. The molecule has 1 N–H and O–H groups in total. The van der Waals surface area contributed by atoms with Crippen LogP contribution in [-0.2, 0) is 10.3 Å². The normalized spacial score (nSPS) is 26.0. The zero-order valence-corrected chi connectivity index (χ0v) is 19.0. The molecular formula is C22H20BrF3N2O2S. The predicted octanol–water partition coefficient (Wildman–Crippen LogP) is 5.38. The van der Waals surface area contributed by atoms with Gasteiger partial charge < -0.3 is 10.1 Å². The minimum atomic E-state index is -3.02. The highest BCUT2D eigenvalue weighted by atomic mass is 79.9. The number of fused-ring (bicyclic) bond motifs is 1. The van der Waals surface area contributed by atoms with E-state index >= 15 is 0 Å². The van der Waals surface area contributed by atoms with Crippen LogP contribution in [0.1, 0.15) is 29.3 Å². The molecule has 0 radical (unpaired) electrons. The largest absolute Gasteiger partial charge is 0.369 e. The number of thioether (sulfide) groups is 1. The molecule has 0 bridgehead atoms. The summed E-state index contributed by atoms with van der Waals surface area (Å²) in [4.78, 5) is 17.3. The zero-order valence-electron chi connectivity index (χ0n) is 16.6. The molecule has 0 aliphatic carbocycles. The van der Waals surface area contributed by atoms with Crippen molar-refractivity contribution in [3.63, 3.8) is 0 Å². The second-order valence-electron chi connectivity index (χ2n) is 7.79. The fourth-order valence-corrected chi connectivity index (χ4v) is 5.48. The monoisotopic (exact) mass is 512 g/mol. The first kappa shape index (κ1) is 22.4. The van der Waals surface area contributed by atoms with Crippen LogP contribution in [0.25, 0.3) is 0 Å². The van der Waals surface area contributed by atoms with E-state index in [2.05, 4.69) is 21.2 Å². The Morgan fingerprint density at radius 1 is 1.29 bits per heavy atom. The van der Waals surface area contributed by atoms with Gasteiger partial charge in [0, 0.05) is 34.2 Å². The van der Waals surface area contributed by atoms with Crippen LogP contribution < -0.4 is 5.32 Å². The minimum absolute atomic E-state index is 0.0336. The fraction of sp³-hybridized carbons (Fsp3) is 0.364. The summed E-state index contributed by atoms with van der Waals surface area (Å²) in [5.41, 5.74) is -0.488. The SMILES string of the molecule is CC(F)(F)C1C[C@H]2CSC(NC(=O)c3ccccc3)=N[C@@]2(c2cc(Br)ccc2F)CO1. The number of hydrogen-bond acceptors (Lipinski definition) is 4. The zero-order chi connectivity index (χ0) is 22.2. The Morgan fingerprint density at radius 3 is 2.74 bits per heavy atom. The summed E-state index contributed by atoms with van der Waals surface area (Å²) in [6, 6.07) is 13.1. The summed E-state index contributed by atoms with van der Waals surface area (Å²) < 4.78 is 49.0. The van der Waals surface area contributed by atoms with Crippen LogP contribution in [0.5, 0.6) is 0 Å². The summed E-state index contributed by atoms with van der Waals surface area (Å²) in [6.07, 6.45) is -1.23. The number of nitrogens with zero attached hydrogens (tertiary/aromatic N) is 1. The van der Waals surface area contributed by atoms with E-state index in [1.165, 1.54) is 17.8 Å². The molecule has 2 aliphatic heterocycles. The van der Waals surface area contributed by atoms with Crippen LogP contribution in [0, 0.1) is 11.7 Å². The second-order valence-corrected chi connectivity index (χ2v) is 9.71. The third-order valence-electron chi connectivity index (χ3n) is 5.62. The Balaban J connectivity index is 1.72. The van der Waals surface area contributed by atoms with Gasteiger partial charge in [0.1, 0.15) is 17.5 Å². The molecule has 164 valence electrons. The molecule has 1 unspecified atom stereocenters. The Morgan fingerprint density at radius 2 is 2.03 bits per heavy atom. The summed E-state index contributed by atoms with van der Waals surface area (Å²) in [7, 11) is 0. The van der Waals surface area contributed by atoms with E-state index in [-0.39, 0.29) is 30.4 Å². The first-order valence-electron chi connectivity index (χ1n) is 9.73. The Bertz CT molecular complexity index is 1020. The van der Waals surface area contributed by atoms with Crippen LogP contribution >= 0.6 is 27.7 Å². The molecule has 1 amide bonds. The average Bonchev–Trinajstić information content (AvgIpc) is 2.74. The number of amidine groups is 1. The summed E-state index contributed by atoms with van der Waals surface area (Å²) in [5, 5.41) is 3.09. The van der Waals surface area contributed by atoms with Crippen molar-refractivity contribution >= 4 is 38.8 Å². The van der Waals surface area contributed by atoms with Crippen molar-refractivity contribution in [3.8, 4) is 0 Å². The summed E-state index contributed by atoms with van der Waals surface area (Å²) in [6.45, 7) is 0.625. The van der Waals surface area contributed by atoms with Gasteiger partial charge >= 0.3 is 0 Å². The summed E-state index contributed by atoms with van der Waals surface area (Å²) in [5.74, 6) is -3.84. The Labute approximate surface area is 190 Å². The van der Waals surface area contributed by atoms with Crippen molar-refractivity contribution in [2.75, 3.05) is 12.4 Å². The molecule has 0 spiro atoms. The predicted molar refractivity (Wildman–Crippen MR) is 118 cm³/mol. The number of ether oxygens (including phenoxy) is 1. The number of benzene rings is 2. The molecule has 2 aliphatic rings. The highest BCUT2D eigenvalue weighted by Crippen LogP contribution is 2.49. The highest BCUT2D eigenvalue weighted by molar-refractivity contribution is 9.10. The lowest BCUT2D eigenvalue weighted by molar-refractivity contribution is -0.170. The lowest BCUT2D eigenvalue weighted by Crippen LogP contribution is -2.54. The van der Waals surface area contributed by atoms with Crippen molar-refractivity contribution in [1.82, 2.24) is 5.32 Å². The summed E-state index contributed by atoms with van der Waals surface area (Å²) >= 11 is 4.63. The Kier molecular flexibility index (Phi) is 6.20. The lowest BCUT2D eigenvalue weighted by Gasteiger charge is -2.47. The van der Waals surface area contributed by atoms with Crippen molar-refractivity contribution in [2.24, 2.45) is 10.9 Å². The van der Waals surface area contributed by atoms with Crippen molar-refractivity contribution < 1.29 is 22.7 Å². The third kappa shape index (κ3) is 4.54. The van der Waals surface area contributed by atoms with E-state index in [0.29, 0.717) is 21.0 Å². The molecule has 1 fully saturated rings. The number of carbonyl (C=O) groups is 1. The molecule has 2 aromatic carbocycles. The van der Waals surface area contributed by atoms with E-state index in [4.69, 9.17) is 9.73 Å². The number of halogens is 4. The number of hydrogen-bond donors (Lipinski definition) is 1. The number of rotatable bonds is 3. The maximum atomic E-state index is 14.9. The van der Waals surface area contributed by atoms with Gasteiger partial charge in [0.15, 0.2) is 5.17 Å². The van der Waals surface area contributed by atoms with E-state index < -0.39 is 23.4 Å². The quantitative estimate of drug-likeness (QED) is 0.600. The molecule has 4 rings (SSSR count). The smallest absolute Gasteiger partial charge is 0.271 e. The molecule has 3 atom stereocenters. The topological polar surface area (TPSA) is 50.7 Å². The minimum Gasteiger partial charge on any atom is -0.369 e. The van der Waals surface area contributed by atoms with Crippen LogP contribution in [0.15, 0.2) is 58.0 Å². The number of carbonyl (C=O) groups excluding carboxylic acids is 1. The van der Waals surface area contributed by atoms with Gasteiger partial charge in [0.25, 0.3) is 11.8 Å². The number of alkyl halides is 2. The molecule has 1 saturated heterocycles. The number of aliphatic imine (C=N–C) groups is 1. The van der Waals surface area contributed by atoms with E-state index in [1.54, 1.807) is 42.5 Å². The second kappa shape index (κ2) is 8.60. The van der Waals surface area contributed by atoms with Crippen LogP contribution in [0.4, 0.5) is 13.2 Å². The van der Waals surface area contributed by atoms with Gasteiger partial charge in [-0.3, -0.25) is 4.79 Å². The van der Waals surface area contributed by atoms with Gasteiger partial charge in [0.05, 0.1) is 6.61 Å². The van der Waals surface area contributed by atoms with Gasteiger partial charge in [0.2, 0.25) is 0 Å². The molecule has 2 aromatic rings. The van der Waals surface area contributed by atoms with Gasteiger partial charge in [-0.05, 0) is 36.8 Å². The molecule has 2 heterocycles. The Hall–Kier alpha value is -1.84. The first-order chi connectivity index (χ1) is 14.7. The highest BCUT2D eigenvalue weighted by Gasteiger charge is 2.53. The van der Waals surface area contributed by atoms with Crippen molar-refractivity contribution in [1.29, 1.82) is 0 Å². The molecule has 9 heteroatoms. The molecule has 0 saturated carbocycles. The van der Waals surface area contributed by atoms with Crippen molar-refractivity contribution in [2.45, 2.75) is 30.9 Å². The third-order valence-corrected chi connectivity index (χ3v) is 7.15. The molecule has 4 nitrogen and oxygen atoms in total. The van der Waals surface area contributed by atoms with Crippen molar-refractivity contribution in [3.05, 3.63) is 69.9 Å². The molecule has 0 aromatic heterocycles. The molecule has 31 heavy (non-hydrogen) atoms. The van der Waals surface area contributed by atoms with E-state index in [1.807, 2.05) is 0 Å². The maximum absolute atomic E-state index is 14.9. The standard InChI is InChI=1S/C22H20BrF3N2O2S/c1-21(25,26)18-9-14-11-31-20(27-19(29)13-5-3-2-4-6-13)28-22(14,12-30-18)16-10-15(23)7-8-17(16)24/h2-8,10,14,18H,9,11-12H2,1H3,(H,27,28,29)/t14-,18?,22-/m0/s1. The first-order valence-corrected chi connectivity index (χ1v) is 11.5. The van der Waals surface area contributed by atoms with E-state index in [9.17, 15) is 18.0 Å². The van der Waals surface area contributed by atoms with Crippen LogP contribution in [0.2, 0.25) is 0 Å². The number of nitrogens with one attached hydrogen (secondary N) is 1. The van der Waals surface area contributed by atoms with Gasteiger partial charge in [-0.2, -0.15) is 0 Å². The van der Waals surface area contributed by atoms with Gasteiger partial charge in [-0.25, -0.2) is 18.2 Å². The van der Waals surface area contributed by atoms with E-state index in [0.717, 1.165) is 6.92 Å². The number of amides is 1.